The molecule has 1 heterocycles. The number of hydrogen-bond acceptors (Lipinski definition) is 3. The van der Waals surface area contributed by atoms with Gasteiger partial charge in [0.1, 0.15) is 5.75 Å². The Kier molecular flexibility index (Phi) is 4.57. The summed E-state index contributed by atoms with van der Waals surface area (Å²) in [5.74, 6) is 0.272. The normalized spacial score (nSPS) is 19.0. The van der Waals surface area contributed by atoms with Crippen molar-refractivity contribution in [3.8, 4) is 5.75 Å². The van der Waals surface area contributed by atoms with Crippen molar-refractivity contribution in [2.24, 2.45) is 0 Å². The Morgan fingerprint density at radius 1 is 1.43 bits per heavy atom. The molecule has 1 aliphatic heterocycles. The molecule has 1 atom stereocenters. The second kappa shape index (κ2) is 6.06. The van der Waals surface area contributed by atoms with Gasteiger partial charge in [-0.15, -0.1) is 0 Å². The first-order chi connectivity index (χ1) is 9.84. The molecule has 1 unspecified atom stereocenters. The van der Waals surface area contributed by atoms with E-state index < -0.39 is 0 Å². The van der Waals surface area contributed by atoms with Crippen molar-refractivity contribution in [3.63, 3.8) is 0 Å². The fourth-order valence-electron chi connectivity index (χ4n) is 2.90. The number of amides is 1. The van der Waals surface area contributed by atoms with E-state index in [2.05, 4.69) is 0 Å². The van der Waals surface area contributed by atoms with Crippen molar-refractivity contribution < 1.29 is 14.6 Å². The molecule has 0 aromatic heterocycles. The third kappa shape index (κ3) is 3.38. The first-order valence-electron chi connectivity index (χ1n) is 7.48. The smallest absolute Gasteiger partial charge is 0.254 e. The fraction of sp³-hybridized carbons (Fsp3) is 0.588. The first kappa shape index (κ1) is 15.8. The van der Waals surface area contributed by atoms with Crippen molar-refractivity contribution in [2.75, 3.05) is 20.3 Å². The molecule has 1 saturated heterocycles. The van der Waals surface area contributed by atoms with Gasteiger partial charge in [0.25, 0.3) is 5.91 Å². The Morgan fingerprint density at radius 3 is 2.76 bits per heavy atom. The standard InChI is InChI=1S/C17H25NO3/c1-17(2,3)14-10-12(7-8-15(14)19)16(20)18-9-5-6-13(18)11-21-4/h7-8,10,13,19H,5-6,9,11H2,1-4H3. The molecule has 0 radical (unpaired) electrons. The van der Waals surface area contributed by atoms with Gasteiger partial charge in [-0.05, 0) is 36.5 Å². The minimum absolute atomic E-state index is 0.0278. The number of nitrogens with zero attached hydrogens (tertiary/aromatic N) is 1. The molecule has 21 heavy (non-hydrogen) atoms. The third-order valence-corrected chi connectivity index (χ3v) is 4.05. The number of hydrogen-bond donors (Lipinski definition) is 1. The van der Waals surface area contributed by atoms with Gasteiger partial charge in [0, 0.05) is 24.8 Å². The molecule has 1 amide bonds. The average molecular weight is 291 g/mol. The summed E-state index contributed by atoms with van der Waals surface area (Å²) in [6.07, 6.45) is 2.01. The van der Waals surface area contributed by atoms with E-state index >= 15 is 0 Å². The van der Waals surface area contributed by atoms with Crippen molar-refractivity contribution in [2.45, 2.75) is 45.1 Å². The van der Waals surface area contributed by atoms with Gasteiger partial charge in [-0.25, -0.2) is 0 Å². The zero-order valence-corrected chi connectivity index (χ0v) is 13.3. The number of carbonyl (C=O) groups excluding carboxylic acids is 1. The molecule has 1 aromatic rings. The Hall–Kier alpha value is -1.55. The van der Waals surface area contributed by atoms with Crippen LogP contribution in [0.15, 0.2) is 18.2 Å². The van der Waals surface area contributed by atoms with Crippen LogP contribution in [0.4, 0.5) is 0 Å². The van der Waals surface area contributed by atoms with Crippen LogP contribution in [0, 0.1) is 0 Å². The predicted molar refractivity (Wildman–Crippen MR) is 82.7 cm³/mol. The number of ether oxygens (including phenoxy) is 1. The summed E-state index contributed by atoms with van der Waals surface area (Å²) >= 11 is 0. The summed E-state index contributed by atoms with van der Waals surface area (Å²) in [7, 11) is 1.67. The molecule has 4 nitrogen and oxygen atoms in total. The van der Waals surface area contributed by atoms with Crippen molar-refractivity contribution in [3.05, 3.63) is 29.3 Å². The highest BCUT2D eigenvalue weighted by molar-refractivity contribution is 5.95. The van der Waals surface area contributed by atoms with E-state index in [4.69, 9.17) is 4.74 Å². The molecule has 116 valence electrons. The monoisotopic (exact) mass is 291 g/mol. The van der Waals surface area contributed by atoms with E-state index in [9.17, 15) is 9.90 Å². The van der Waals surface area contributed by atoms with Gasteiger partial charge < -0.3 is 14.7 Å². The lowest BCUT2D eigenvalue weighted by Crippen LogP contribution is -2.38. The van der Waals surface area contributed by atoms with Crippen LogP contribution in [-0.2, 0) is 10.2 Å². The zero-order chi connectivity index (χ0) is 15.6. The van der Waals surface area contributed by atoms with Gasteiger partial charge in [0.05, 0.1) is 12.6 Å². The van der Waals surface area contributed by atoms with Crippen LogP contribution in [0.25, 0.3) is 0 Å². The molecule has 1 aliphatic rings. The van der Waals surface area contributed by atoms with E-state index in [1.54, 1.807) is 19.2 Å². The minimum atomic E-state index is -0.197. The zero-order valence-electron chi connectivity index (χ0n) is 13.3. The number of phenols is 1. The molecular weight excluding hydrogens is 266 g/mol. The topological polar surface area (TPSA) is 49.8 Å². The molecule has 4 heteroatoms. The Labute approximate surface area is 126 Å². The average Bonchev–Trinajstić information content (AvgIpc) is 2.86. The number of aromatic hydroxyl groups is 1. The highest BCUT2D eigenvalue weighted by atomic mass is 16.5. The molecule has 0 bridgehead atoms. The lowest BCUT2D eigenvalue weighted by atomic mass is 9.85. The quantitative estimate of drug-likeness (QED) is 0.931. The van der Waals surface area contributed by atoms with Crippen LogP contribution in [0.1, 0.15) is 49.5 Å². The largest absolute Gasteiger partial charge is 0.508 e. The van der Waals surface area contributed by atoms with E-state index in [0.717, 1.165) is 24.9 Å². The number of benzene rings is 1. The summed E-state index contributed by atoms with van der Waals surface area (Å²) in [6, 6.07) is 5.30. The van der Waals surface area contributed by atoms with Crippen LogP contribution >= 0.6 is 0 Å². The van der Waals surface area contributed by atoms with Gasteiger partial charge >= 0.3 is 0 Å². The second-order valence-electron chi connectivity index (χ2n) is 6.73. The predicted octanol–water partition coefficient (Wildman–Crippen LogP) is 2.94. The van der Waals surface area contributed by atoms with Gasteiger partial charge in [-0.2, -0.15) is 0 Å². The molecule has 1 aromatic carbocycles. The highest BCUT2D eigenvalue weighted by Crippen LogP contribution is 2.32. The lowest BCUT2D eigenvalue weighted by molar-refractivity contribution is 0.0630. The molecule has 0 aliphatic carbocycles. The number of likely N-dealkylation sites (tertiary alicyclic amines) is 1. The van der Waals surface area contributed by atoms with Gasteiger partial charge in [-0.1, -0.05) is 20.8 Å². The van der Waals surface area contributed by atoms with E-state index in [0.29, 0.717) is 12.2 Å². The number of rotatable bonds is 3. The molecule has 1 N–H and O–H groups in total. The molecular formula is C17H25NO3. The van der Waals surface area contributed by atoms with Crippen LogP contribution < -0.4 is 0 Å². The molecule has 0 spiro atoms. The van der Waals surface area contributed by atoms with E-state index in [1.165, 1.54) is 0 Å². The molecule has 2 rings (SSSR count). The van der Waals surface area contributed by atoms with Crippen LogP contribution in [0.2, 0.25) is 0 Å². The van der Waals surface area contributed by atoms with Gasteiger partial charge in [0.2, 0.25) is 0 Å². The lowest BCUT2D eigenvalue weighted by Gasteiger charge is -2.26. The van der Waals surface area contributed by atoms with Gasteiger partial charge in [-0.3, -0.25) is 4.79 Å². The second-order valence-corrected chi connectivity index (χ2v) is 6.73. The molecule has 0 saturated carbocycles. The van der Waals surface area contributed by atoms with Crippen molar-refractivity contribution in [1.82, 2.24) is 4.90 Å². The SMILES string of the molecule is COCC1CCCN1C(=O)c1ccc(O)c(C(C)(C)C)c1. The van der Waals surface area contributed by atoms with Gasteiger partial charge in [0.15, 0.2) is 0 Å². The van der Waals surface area contributed by atoms with E-state index in [-0.39, 0.29) is 23.1 Å². The summed E-state index contributed by atoms with van der Waals surface area (Å²) in [6.45, 7) is 7.44. The summed E-state index contributed by atoms with van der Waals surface area (Å²) in [5, 5.41) is 10.0. The third-order valence-electron chi connectivity index (χ3n) is 4.05. The highest BCUT2D eigenvalue weighted by Gasteiger charge is 2.30. The summed E-state index contributed by atoms with van der Waals surface area (Å²) in [5.41, 5.74) is 1.24. The Balaban J connectivity index is 2.27. The van der Waals surface area contributed by atoms with Crippen LogP contribution in [-0.4, -0.2) is 42.2 Å². The Morgan fingerprint density at radius 2 is 2.14 bits per heavy atom. The number of methoxy groups -OCH3 is 1. The summed E-state index contributed by atoms with van der Waals surface area (Å²) in [4.78, 5) is 14.6. The number of carbonyl (C=O) groups is 1. The van der Waals surface area contributed by atoms with Crippen molar-refractivity contribution in [1.29, 1.82) is 0 Å². The maximum absolute atomic E-state index is 12.7. The van der Waals surface area contributed by atoms with E-state index in [1.807, 2.05) is 31.7 Å². The van der Waals surface area contributed by atoms with Crippen molar-refractivity contribution >= 4 is 5.91 Å². The maximum atomic E-state index is 12.7. The first-order valence-corrected chi connectivity index (χ1v) is 7.48. The van der Waals surface area contributed by atoms with Crippen LogP contribution in [0.3, 0.4) is 0 Å². The van der Waals surface area contributed by atoms with Crippen LogP contribution in [0.5, 0.6) is 5.75 Å². The molecule has 1 fully saturated rings. The fourth-order valence-corrected chi connectivity index (χ4v) is 2.90. The maximum Gasteiger partial charge on any atom is 0.254 e. The Bertz CT molecular complexity index is 519. The summed E-state index contributed by atoms with van der Waals surface area (Å²) < 4.78 is 5.21. The number of phenolic OH excluding ortho intramolecular Hbond substituents is 1. The minimum Gasteiger partial charge on any atom is -0.508 e.